The van der Waals surface area contributed by atoms with E-state index < -0.39 is 16.2 Å². The van der Waals surface area contributed by atoms with Crippen molar-refractivity contribution >= 4 is 28.9 Å². The van der Waals surface area contributed by atoms with Crippen molar-refractivity contribution in [3.05, 3.63) is 0 Å². The molecular formula is C54H111BrSn. The van der Waals surface area contributed by atoms with Gasteiger partial charge in [-0.25, -0.2) is 0 Å². The molecule has 0 aromatic carbocycles. The topological polar surface area (TPSA) is 0 Å². The molecule has 0 saturated carbocycles. The molecule has 0 bridgehead atoms. The van der Waals surface area contributed by atoms with Crippen LogP contribution in [0.25, 0.3) is 0 Å². The molecule has 0 aromatic rings. The van der Waals surface area contributed by atoms with E-state index in [-0.39, 0.29) is 0 Å². The van der Waals surface area contributed by atoms with Crippen molar-refractivity contribution < 1.29 is 0 Å². The number of hydrogen-bond acceptors (Lipinski definition) is 0. The average Bonchev–Trinajstić information content (AvgIpc) is 3.20. The van der Waals surface area contributed by atoms with Gasteiger partial charge in [-0.05, 0) is 0 Å². The number of hydrogen-bond donors (Lipinski definition) is 0. The van der Waals surface area contributed by atoms with Crippen molar-refractivity contribution in [2.24, 2.45) is 0 Å². The van der Waals surface area contributed by atoms with Crippen molar-refractivity contribution in [1.82, 2.24) is 0 Å². The minimum absolute atomic E-state index is 1.37. The molecule has 0 amide bonds. The molecule has 56 heavy (non-hydrogen) atoms. The fourth-order valence-electron chi connectivity index (χ4n) is 9.34. The second kappa shape index (κ2) is 50.6. The first kappa shape index (κ1) is 57.3. The second-order valence-corrected chi connectivity index (χ2v) is 41.4. The molecule has 0 unspecified atom stereocenters. The zero-order valence-corrected chi connectivity index (χ0v) is 44.4. The quantitative estimate of drug-likeness (QED) is 0.0421. The van der Waals surface area contributed by atoms with Gasteiger partial charge in [-0.1, -0.05) is 117 Å². The van der Waals surface area contributed by atoms with Crippen LogP contribution < -0.4 is 0 Å². The molecule has 0 aromatic heterocycles. The molecule has 0 radical (unpaired) electrons. The minimum atomic E-state index is -2.12. The Labute approximate surface area is 368 Å². The Bertz CT molecular complexity index is 589. The molecule has 0 heterocycles. The molecular weight excluding hydrogens is 847 g/mol. The Morgan fingerprint density at radius 2 is 0.286 bits per heavy atom. The summed E-state index contributed by atoms with van der Waals surface area (Å²) in [7, 11) is 0. The molecule has 0 aliphatic carbocycles. The molecule has 338 valence electrons. The van der Waals surface area contributed by atoms with Gasteiger partial charge in [-0.2, -0.15) is 0 Å². The van der Waals surface area contributed by atoms with Crippen LogP contribution >= 0.6 is 12.7 Å². The Morgan fingerprint density at radius 1 is 0.179 bits per heavy atom. The molecule has 0 atom stereocenters. The maximum atomic E-state index is 4.63. The fraction of sp³-hybridized carbons (Fsp3) is 1.00. The van der Waals surface area contributed by atoms with Gasteiger partial charge < -0.3 is 0 Å². The van der Waals surface area contributed by atoms with E-state index in [1.807, 2.05) is 0 Å². The maximum absolute atomic E-state index is 4.63. The molecule has 0 N–H and O–H groups in total. The van der Waals surface area contributed by atoms with E-state index in [2.05, 4.69) is 33.5 Å². The molecule has 0 fully saturated rings. The van der Waals surface area contributed by atoms with Gasteiger partial charge >= 0.3 is 254 Å². The third-order valence-electron chi connectivity index (χ3n) is 13.4. The van der Waals surface area contributed by atoms with Crippen LogP contribution in [0.2, 0.25) is 13.3 Å². The van der Waals surface area contributed by atoms with Crippen LogP contribution in [0.1, 0.15) is 329 Å². The van der Waals surface area contributed by atoms with Crippen LogP contribution in [0.3, 0.4) is 0 Å². The summed E-state index contributed by atoms with van der Waals surface area (Å²) in [6.07, 6.45) is 71.3. The van der Waals surface area contributed by atoms with Crippen LogP contribution in [-0.2, 0) is 0 Å². The molecule has 2 heteroatoms. The SMILES string of the molecule is CCCCCCCCCCCCCCCCC[CH2][Sn]([Br])([CH2]CCCCCCCCCCCCCCCCC)[CH2]CCCCCCCCCCCCCCCCC. The smallest absolute Gasteiger partial charge is 0.0654 e. The van der Waals surface area contributed by atoms with Crippen molar-refractivity contribution in [3.63, 3.8) is 0 Å². The van der Waals surface area contributed by atoms with Crippen LogP contribution in [0.4, 0.5) is 0 Å². The van der Waals surface area contributed by atoms with Crippen LogP contribution in [-0.4, -0.2) is 16.2 Å². The Balaban J connectivity index is 4.08. The van der Waals surface area contributed by atoms with E-state index in [0.717, 1.165) is 0 Å². The van der Waals surface area contributed by atoms with Crippen molar-refractivity contribution in [2.75, 3.05) is 0 Å². The van der Waals surface area contributed by atoms with Gasteiger partial charge in [-0.15, -0.1) is 0 Å². The van der Waals surface area contributed by atoms with E-state index in [4.69, 9.17) is 0 Å². The van der Waals surface area contributed by atoms with Crippen LogP contribution in [0.15, 0.2) is 0 Å². The molecule has 0 aliphatic heterocycles. The van der Waals surface area contributed by atoms with Gasteiger partial charge in [-0.3, -0.25) is 0 Å². The van der Waals surface area contributed by atoms with E-state index in [0.29, 0.717) is 0 Å². The monoisotopic (exact) mass is 959 g/mol. The van der Waals surface area contributed by atoms with Crippen molar-refractivity contribution in [3.8, 4) is 0 Å². The predicted molar refractivity (Wildman–Crippen MR) is 268 cm³/mol. The van der Waals surface area contributed by atoms with Crippen LogP contribution in [0.5, 0.6) is 0 Å². The normalized spacial score (nSPS) is 12.0. The first-order valence-corrected chi connectivity index (χ1v) is 39.8. The Morgan fingerprint density at radius 3 is 0.411 bits per heavy atom. The predicted octanol–water partition coefficient (Wildman–Crippen LogP) is 22.1. The second-order valence-electron chi connectivity index (χ2n) is 19.3. The van der Waals surface area contributed by atoms with Crippen LogP contribution in [0, 0.1) is 0 Å². The summed E-state index contributed by atoms with van der Waals surface area (Å²) in [5, 5.41) is 0. The van der Waals surface area contributed by atoms with Crippen molar-refractivity contribution in [2.45, 2.75) is 342 Å². The molecule has 0 aliphatic rings. The number of unbranched alkanes of at least 4 members (excludes halogenated alkanes) is 45. The minimum Gasteiger partial charge on any atom is -0.0654 e. The standard InChI is InChI=1S/3C18H37.BrH.Sn/c3*1-3-5-7-9-11-13-15-17-18-16-14-12-10-8-6-4-2;;/h3*1,3-18H2,2H3;1H;/q;;;;+1/p-1. The van der Waals surface area contributed by atoms with Gasteiger partial charge in [0.1, 0.15) is 0 Å². The third-order valence-corrected chi connectivity index (χ3v) is 32.1. The molecule has 0 nitrogen and oxygen atoms in total. The van der Waals surface area contributed by atoms with Gasteiger partial charge in [0.05, 0.1) is 0 Å². The first-order chi connectivity index (χ1) is 27.7. The summed E-state index contributed by atoms with van der Waals surface area (Å²) in [6, 6.07) is 0. The average molecular weight is 959 g/mol. The summed E-state index contributed by atoms with van der Waals surface area (Å²) in [6.45, 7) is 6.97. The number of rotatable bonds is 51. The Kier molecular flexibility index (Phi) is 51.8. The van der Waals surface area contributed by atoms with Gasteiger partial charge in [0.15, 0.2) is 0 Å². The van der Waals surface area contributed by atoms with Gasteiger partial charge in [0.25, 0.3) is 0 Å². The van der Waals surface area contributed by atoms with Crippen molar-refractivity contribution in [1.29, 1.82) is 0 Å². The van der Waals surface area contributed by atoms with E-state index in [1.165, 1.54) is 308 Å². The summed E-state index contributed by atoms with van der Waals surface area (Å²) in [4.78, 5) is 0. The Hall–Kier alpha value is 1.28. The number of halogens is 1. The summed E-state index contributed by atoms with van der Waals surface area (Å²) in [5.74, 6) is 0. The fourth-order valence-corrected chi connectivity index (χ4v) is 24.7. The summed E-state index contributed by atoms with van der Waals surface area (Å²) >= 11 is 2.51. The molecule has 0 rings (SSSR count). The molecule has 0 spiro atoms. The zero-order valence-electron chi connectivity index (χ0n) is 39.9. The van der Waals surface area contributed by atoms with E-state index >= 15 is 0 Å². The summed E-state index contributed by atoms with van der Waals surface area (Å²) in [5.41, 5.74) is 0. The van der Waals surface area contributed by atoms with Gasteiger partial charge in [0, 0.05) is 0 Å². The molecule has 0 saturated heterocycles. The van der Waals surface area contributed by atoms with E-state index in [1.54, 1.807) is 13.3 Å². The zero-order chi connectivity index (χ0) is 40.6. The van der Waals surface area contributed by atoms with E-state index in [9.17, 15) is 0 Å². The first-order valence-electron chi connectivity index (χ1n) is 27.4. The van der Waals surface area contributed by atoms with Gasteiger partial charge in [0.2, 0.25) is 0 Å². The summed E-state index contributed by atoms with van der Waals surface area (Å²) < 4.78 is 4.89. The third kappa shape index (κ3) is 48.0.